The Labute approximate surface area is 306 Å². The maximum Gasteiger partial charge on any atom is 0.495 e. The molecule has 0 atom stereocenters. The van der Waals surface area contributed by atoms with E-state index >= 15 is 0 Å². The first-order valence-corrected chi connectivity index (χ1v) is 16.8. The number of nitrogens with zero attached hydrogens (tertiary/aromatic N) is 2. The first kappa shape index (κ1) is 40.3. The Hall–Kier alpha value is -4.15. The Morgan fingerprint density at radius 1 is 0.740 bits per heavy atom. The molecule has 266 valence electrons. The number of H-pyrrole nitrogens is 2. The molecule has 0 spiro atoms. The number of carbonyl (C=O) groups excluding carboxylic acids is 4. The molecule has 5 rings (SSSR count). The number of imidazole rings is 2. The van der Waals surface area contributed by atoms with Crippen molar-refractivity contribution < 1.29 is 38.0 Å². The summed E-state index contributed by atoms with van der Waals surface area (Å²) in [7, 11) is 2.26. The maximum atomic E-state index is 11.9. The van der Waals surface area contributed by atoms with E-state index in [1.54, 1.807) is 13.0 Å². The minimum atomic E-state index is -0.473. The fraction of sp³-hybridized carbons (Fsp3) is 0.389. The Morgan fingerprint density at radius 3 is 1.68 bits per heavy atom. The molecule has 1 aliphatic rings. The van der Waals surface area contributed by atoms with Crippen LogP contribution in [0.4, 0.5) is 0 Å². The second kappa shape index (κ2) is 16.3. The van der Waals surface area contributed by atoms with E-state index in [1.807, 2.05) is 103 Å². The van der Waals surface area contributed by atoms with Crippen LogP contribution in [0.2, 0.25) is 0 Å². The molecule has 0 bridgehead atoms. The van der Waals surface area contributed by atoms with Gasteiger partial charge in [-0.3, -0.25) is 9.59 Å². The molecule has 3 heterocycles. The zero-order valence-electron chi connectivity index (χ0n) is 30.6. The topological polar surface area (TPSA) is 163 Å². The second-order valence-electron chi connectivity index (χ2n) is 12.9. The predicted octanol–water partition coefficient (Wildman–Crippen LogP) is 6.13. The van der Waals surface area contributed by atoms with Crippen LogP contribution in [0.5, 0.6) is 0 Å². The van der Waals surface area contributed by atoms with Gasteiger partial charge in [-0.15, -0.1) is 0 Å². The summed E-state index contributed by atoms with van der Waals surface area (Å²) >= 11 is 2.03. The Balaban J connectivity index is 0.000000218. The number of benzene rings is 2. The van der Waals surface area contributed by atoms with Crippen LogP contribution >= 0.6 is 22.6 Å². The molecule has 0 unspecified atom stereocenters. The van der Waals surface area contributed by atoms with Gasteiger partial charge < -0.3 is 28.8 Å². The normalized spacial score (nSPS) is 14.1. The van der Waals surface area contributed by atoms with E-state index < -0.39 is 24.3 Å². The molecular formula is C36H44BIN4O8. The molecule has 1 aliphatic heterocycles. The van der Waals surface area contributed by atoms with Gasteiger partial charge in [0.15, 0.2) is 12.6 Å². The number of methoxy groups -OCH3 is 2. The van der Waals surface area contributed by atoms with Crippen LogP contribution in [0.1, 0.15) is 103 Å². The fourth-order valence-electron chi connectivity index (χ4n) is 5.22. The molecule has 4 aromatic rings. The number of carbonyl (C=O) groups is 4. The highest BCUT2D eigenvalue weighted by molar-refractivity contribution is 14.1. The van der Waals surface area contributed by atoms with Gasteiger partial charge in [-0.25, -0.2) is 19.6 Å². The molecule has 2 aromatic heterocycles. The van der Waals surface area contributed by atoms with Crippen molar-refractivity contribution in [2.75, 3.05) is 14.2 Å². The van der Waals surface area contributed by atoms with Crippen molar-refractivity contribution in [2.45, 2.75) is 80.4 Å². The summed E-state index contributed by atoms with van der Waals surface area (Å²) in [5.74, 6) is 0.692. The monoisotopic (exact) mass is 798 g/mol. The third-order valence-corrected chi connectivity index (χ3v) is 9.46. The number of aldehydes is 2. The van der Waals surface area contributed by atoms with Crippen molar-refractivity contribution >= 4 is 59.7 Å². The number of rotatable bonds is 6. The molecule has 1 saturated heterocycles. The van der Waals surface area contributed by atoms with E-state index in [0.717, 1.165) is 55.4 Å². The number of hydrogen-bond acceptors (Lipinski definition) is 10. The third-order valence-electron chi connectivity index (χ3n) is 8.64. The second-order valence-corrected chi connectivity index (χ2v) is 14.0. The number of nitrogens with one attached hydrogen (secondary N) is 2. The third kappa shape index (κ3) is 8.95. The number of aryl methyl sites for hydroxylation is 6. The van der Waals surface area contributed by atoms with Gasteiger partial charge in [0.2, 0.25) is 0 Å². The summed E-state index contributed by atoms with van der Waals surface area (Å²) in [4.78, 5) is 58.9. The quantitative estimate of drug-likeness (QED) is 0.101. The van der Waals surface area contributed by atoms with Crippen LogP contribution in [-0.2, 0) is 18.8 Å². The highest BCUT2D eigenvalue weighted by Gasteiger charge is 2.52. The number of hydrogen-bond donors (Lipinski definition) is 2. The fourth-order valence-corrected chi connectivity index (χ4v) is 5.86. The molecule has 12 nitrogen and oxygen atoms in total. The van der Waals surface area contributed by atoms with E-state index in [2.05, 4.69) is 19.9 Å². The summed E-state index contributed by atoms with van der Waals surface area (Å²) in [6.45, 7) is 19.3. The zero-order valence-corrected chi connectivity index (χ0v) is 32.7. The highest BCUT2D eigenvalue weighted by atomic mass is 127. The lowest BCUT2D eigenvalue weighted by molar-refractivity contribution is 0.00578. The van der Waals surface area contributed by atoms with Gasteiger partial charge in [0.1, 0.15) is 26.7 Å². The van der Waals surface area contributed by atoms with E-state index in [4.69, 9.17) is 18.8 Å². The smallest absolute Gasteiger partial charge is 0.465 e. The molecule has 2 N–H and O–H groups in total. The van der Waals surface area contributed by atoms with E-state index in [-0.39, 0.29) is 5.97 Å². The van der Waals surface area contributed by atoms with Crippen molar-refractivity contribution in [1.29, 1.82) is 0 Å². The number of esters is 2. The Bertz CT molecular complexity index is 1900. The summed E-state index contributed by atoms with van der Waals surface area (Å²) in [5.41, 5.74) is 7.01. The predicted molar refractivity (Wildman–Crippen MR) is 199 cm³/mol. The first-order chi connectivity index (χ1) is 23.3. The van der Waals surface area contributed by atoms with E-state index in [1.165, 1.54) is 14.2 Å². The van der Waals surface area contributed by atoms with Gasteiger partial charge in [-0.2, -0.15) is 0 Å². The number of ether oxygens (including phenoxy) is 2. The van der Waals surface area contributed by atoms with Crippen LogP contribution in [0.25, 0.3) is 11.3 Å². The lowest BCUT2D eigenvalue weighted by Gasteiger charge is -2.32. The molecule has 2 aromatic carbocycles. The SMILES string of the molecule is COC(=O)c1cc(-c2nc(C)[nH]c2C=O)c(C)cc1C.COC(=O)c1cc(B2OC(C)(C)C(C)(C)O2)c(C)cc1C.Cc1nc(C=O)c(I)[nH]1. The minimum absolute atomic E-state index is 0.342. The van der Waals surface area contributed by atoms with E-state index in [9.17, 15) is 19.2 Å². The molecule has 0 saturated carbocycles. The van der Waals surface area contributed by atoms with Crippen LogP contribution < -0.4 is 5.46 Å². The van der Waals surface area contributed by atoms with Crippen molar-refractivity contribution in [1.82, 2.24) is 19.9 Å². The van der Waals surface area contributed by atoms with Gasteiger partial charge in [0.25, 0.3) is 0 Å². The average Bonchev–Trinajstić information content (AvgIpc) is 3.66. The van der Waals surface area contributed by atoms with Crippen molar-refractivity contribution in [3.05, 3.63) is 84.4 Å². The highest BCUT2D eigenvalue weighted by Crippen LogP contribution is 2.37. The van der Waals surface area contributed by atoms with Gasteiger partial charge in [0, 0.05) is 5.56 Å². The molecule has 0 amide bonds. The number of aromatic amines is 2. The van der Waals surface area contributed by atoms with Crippen LogP contribution in [0, 0.1) is 45.2 Å². The molecular weight excluding hydrogens is 754 g/mol. The van der Waals surface area contributed by atoms with Gasteiger partial charge in [0.05, 0.1) is 42.2 Å². The van der Waals surface area contributed by atoms with Gasteiger partial charge in [-0.05, 0) is 126 Å². The lowest BCUT2D eigenvalue weighted by atomic mass is 9.75. The van der Waals surface area contributed by atoms with Crippen LogP contribution in [0.3, 0.4) is 0 Å². The molecule has 50 heavy (non-hydrogen) atoms. The van der Waals surface area contributed by atoms with Crippen LogP contribution in [0.15, 0.2) is 24.3 Å². The average molecular weight is 798 g/mol. The van der Waals surface area contributed by atoms with Gasteiger partial charge >= 0.3 is 19.1 Å². The Morgan fingerprint density at radius 2 is 1.24 bits per heavy atom. The molecule has 0 aliphatic carbocycles. The van der Waals surface area contributed by atoms with Crippen molar-refractivity contribution in [2.24, 2.45) is 0 Å². The standard InChI is InChI=1S/C16H23BO4.C15H16N2O3.C5H5IN2O/c1-10-8-11(2)13(9-12(10)14(18)19-7)17-20-15(3,4)16(5,6)21-17;1-8-5-9(2)12(15(19)20-4)6-11(8)14-13(7-18)16-10(3)17-14;1-3-7-4(2-9)5(6)8-3/h8-9H,1-7H3;5-7H,1-4H3,(H,16,17);2H,1H3,(H,7,8). The van der Waals surface area contributed by atoms with Gasteiger partial charge in [-0.1, -0.05) is 17.7 Å². The maximum absolute atomic E-state index is 11.9. The molecule has 14 heteroatoms. The molecule has 0 radical (unpaired) electrons. The zero-order chi connectivity index (χ0) is 37.7. The van der Waals surface area contributed by atoms with Crippen LogP contribution in [-0.4, -0.2) is 77.0 Å². The van der Waals surface area contributed by atoms with Crippen molar-refractivity contribution in [3.8, 4) is 11.3 Å². The number of halogens is 1. The first-order valence-electron chi connectivity index (χ1n) is 15.7. The van der Waals surface area contributed by atoms with Crippen molar-refractivity contribution in [3.63, 3.8) is 0 Å². The minimum Gasteiger partial charge on any atom is -0.465 e. The summed E-state index contributed by atoms with van der Waals surface area (Å²) in [5, 5.41) is 0. The summed E-state index contributed by atoms with van der Waals surface area (Å²) in [6, 6.07) is 7.39. The lowest BCUT2D eigenvalue weighted by Crippen LogP contribution is -2.41. The molecule has 1 fully saturated rings. The number of aromatic nitrogens is 4. The summed E-state index contributed by atoms with van der Waals surface area (Å²) in [6.07, 6.45) is 1.47. The summed E-state index contributed by atoms with van der Waals surface area (Å²) < 4.78 is 22.5. The largest absolute Gasteiger partial charge is 0.495 e. The Kier molecular flexibility index (Phi) is 13.1. The van der Waals surface area contributed by atoms with E-state index in [0.29, 0.717) is 34.0 Å².